The molecular formula is C14H19ClN2O. The monoisotopic (exact) mass is 266 g/mol. The van der Waals surface area contributed by atoms with Crippen molar-refractivity contribution in [1.82, 2.24) is 10.2 Å². The average Bonchev–Trinajstić information content (AvgIpc) is 2.39. The maximum Gasteiger partial charge on any atom is 0.239 e. The Morgan fingerprint density at radius 3 is 3.00 bits per heavy atom. The minimum absolute atomic E-state index is 0.0112. The van der Waals surface area contributed by atoms with Gasteiger partial charge in [-0.3, -0.25) is 4.79 Å². The Balaban J connectivity index is 1.94. The number of halogens is 1. The third-order valence-electron chi connectivity index (χ3n) is 3.29. The highest BCUT2D eigenvalue weighted by atomic mass is 35.5. The standard InChI is InChI=1S/C14H19ClN2O/c1-17(10-11-5-4-6-12(15)9-11)14(18)13-7-2-3-8-16-13/h4-6,9,13,16H,2-3,7-8,10H2,1H3/t13-/m0/s1. The Morgan fingerprint density at radius 1 is 1.50 bits per heavy atom. The van der Waals surface area contributed by atoms with E-state index in [4.69, 9.17) is 11.6 Å². The largest absolute Gasteiger partial charge is 0.340 e. The highest BCUT2D eigenvalue weighted by Gasteiger charge is 2.23. The minimum atomic E-state index is -0.0112. The number of carbonyl (C=O) groups excluding carboxylic acids is 1. The molecule has 0 saturated carbocycles. The van der Waals surface area contributed by atoms with E-state index in [0.717, 1.165) is 24.9 Å². The van der Waals surface area contributed by atoms with E-state index in [2.05, 4.69) is 5.32 Å². The molecule has 0 aliphatic carbocycles. The SMILES string of the molecule is CN(Cc1cccc(Cl)c1)C(=O)[C@@H]1CCCCN1. The first-order valence-electron chi connectivity index (χ1n) is 6.39. The lowest BCUT2D eigenvalue weighted by molar-refractivity contribution is -0.133. The van der Waals surface area contributed by atoms with Crippen LogP contribution in [0.25, 0.3) is 0 Å². The van der Waals surface area contributed by atoms with Crippen LogP contribution in [-0.4, -0.2) is 30.4 Å². The number of piperidine rings is 1. The molecule has 2 rings (SSSR count). The fraction of sp³-hybridized carbons (Fsp3) is 0.500. The van der Waals surface area contributed by atoms with Gasteiger partial charge < -0.3 is 10.2 Å². The number of carbonyl (C=O) groups is 1. The third kappa shape index (κ3) is 3.47. The molecule has 0 bridgehead atoms. The van der Waals surface area contributed by atoms with Crippen molar-refractivity contribution in [3.05, 3.63) is 34.9 Å². The Bertz CT molecular complexity index is 416. The van der Waals surface area contributed by atoms with Crippen LogP contribution in [0.5, 0.6) is 0 Å². The van der Waals surface area contributed by atoms with Crippen LogP contribution in [0.3, 0.4) is 0 Å². The normalized spacial score (nSPS) is 19.6. The van der Waals surface area contributed by atoms with E-state index >= 15 is 0 Å². The lowest BCUT2D eigenvalue weighted by Gasteiger charge is -2.27. The summed E-state index contributed by atoms with van der Waals surface area (Å²) in [7, 11) is 1.85. The molecule has 1 aliphatic heterocycles. The van der Waals surface area contributed by atoms with Crippen LogP contribution in [0.4, 0.5) is 0 Å². The average molecular weight is 267 g/mol. The zero-order valence-corrected chi connectivity index (χ0v) is 11.4. The van der Waals surface area contributed by atoms with Crippen molar-refractivity contribution < 1.29 is 4.79 Å². The van der Waals surface area contributed by atoms with E-state index in [1.807, 2.05) is 31.3 Å². The van der Waals surface area contributed by atoms with Gasteiger partial charge in [-0.15, -0.1) is 0 Å². The fourth-order valence-electron chi connectivity index (χ4n) is 2.32. The molecule has 98 valence electrons. The molecule has 0 unspecified atom stereocenters. The van der Waals surface area contributed by atoms with Crippen molar-refractivity contribution in [2.24, 2.45) is 0 Å². The quantitative estimate of drug-likeness (QED) is 0.911. The summed E-state index contributed by atoms with van der Waals surface area (Å²) in [5.41, 5.74) is 1.06. The van der Waals surface area contributed by atoms with E-state index < -0.39 is 0 Å². The molecule has 0 spiro atoms. The molecule has 3 nitrogen and oxygen atoms in total. The highest BCUT2D eigenvalue weighted by Crippen LogP contribution is 2.14. The Hall–Kier alpha value is -1.06. The molecule has 1 heterocycles. The number of benzene rings is 1. The van der Waals surface area contributed by atoms with Crippen LogP contribution < -0.4 is 5.32 Å². The van der Waals surface area contributed by atoms with Gasteiger partial charge in [0.15, 0.2) is 0 Å². The number of rotatable bonds is 3. The second kappa shape index (κ2) is 6.21. The van der Waals surface area contributed by atoms with Crippen molar-refractivity contribution in [2.75, 3.05) is 13.6 Å². The number of likely N-dealkylation sites (N-methyl/N-ethyl adjacent to an activating group) is 1. The highest BCUT2D eigenvalue weighted by molar-refractivity contribution is 6.30. The van der Waals surface area contributed by atoms with Crippen molar-refractivity contribution in [1.29, 1.82) is 0 Å². The van der Waals surface area contributed by atoms with Gasteiger partial charge in [-0.25, -0.2) is 0 Å². The predicted octanol–water partition coefficient (Wildman–Crippen LogP) is 2.44. The topological polar surface area (TPSA) is 32.3 Å². The van der Waals surface area contributed by atoms with Crippen LogP contribution in [0.1, 0.15) is 24.8 Å². The zero-order chi connectivity index (χ0) is 13.0. The molecule has 0 radical (unpaired) electrons. The first kappa shape index (κ1) is 13.4. The maximum absolute atomic E-state index is 12.2. The minimum Gasteiger partial charge on any atom is -0.340 e. The van der Waals surface area contributed by atoms with E-state index in [1.54, 1.807) is 4.90 Å². The van der Waals surface area contributed by atoms with Gasteiger partial charge in [0.2, 0.25) is 5.91 Å². The summed E-state index contributed by atoms with van der Waals surface area (Å²) in [5, 5.41) is 3.99. The van der Waals surface area contributed by atoms with Crippen LogP contribution in [0.15, 0.2) is 24.3 Å². The molecule has 4 heteroatoms. The molecule has 1 amide bonds. The Kier molecular flexibility index (Phi) is 4.61. The maximum atomic E-state index is 12.2. The van der Waals surface area contributed by atoms with E-state index in [1.165, 1.54) is 6.42 Å². The Morgan fingerprint density at radius 2 is 2.33 bits per heavy atom. The summed E-state index contributed by atoms with van der Waals surface area (Å²) in [6, 6.07) is 7.64. The molecule has 18 heavy (non-hydrogen) atoms. The molecule has 1 atom stereocenters. The molecule has 1 aromatic rings. The molecule has 0 aromatic heterocycles. The van der Waals surface area contributed by atoms with Gasteiger partial charge in [0, 0.05) is 18.6 Å². The molecule has 1 saturated heterocycles. The summed E-state index contributed by atoms with van der Waals surface area (Å²) >= 11 is 5.94. The number of nitrogens with one attached hydrogen (secondary N) is 1. The van der Waals surface area contributed by atoms with Gasteiger partial charge in [-0.2, -0.15) is 0 Å². The smallest absolute Gasteiger partial charge is 0.239 e. The second-order valence-corrected chi connectivity index (χ2v) is 5.26. The van der Waals surface area contributed by atoms with Crippen LogP contribution in [0.2, 0.25) is 5.02 Å². The molecule has 1 aliphatic rings. The van der Waals surface area contributed by atoms with Crippen LogP contribution in [0, 0.1) is 0 Å². The summed E-state index contributed by atoms with van der Waals surface area (Å²) in [6.07, 6.45) is 3.24. The molecular weight excluding hydrogens is 248 g/mol. The number of hydrogen-bond donors (Lipinski definition) is 1. The van der Waals surface area contributed by atoms with Crippen molar-refractivity contribution >= 4 is 17.5 Å². The van der Waals surface area contributed by atoms with Crippen LogP contribution in [-0.2, 0) is 11.3 Å². The van der Waals surface area contributed by atoms with Crippen LogP contribution >= 0.6 is 11.6 Å². The van der Waals surface area contributed by atoms with Crippen molar-refractivity contribution in [3.63, 3.8) is 0 Å². The summed E-state index contributed by atoms with van der Waals surface area (Å²) < 4.78 is 0. The summed E-state index contributed by atoms with van der Waals surface area (Å²) in [4.78, 5) is 14.0. The first-order valence-corrected chi connectivity index (χ1v) is 6.77. The van der Waals surface area contributed by atoms with E-state index in [9.17, 15) is 4.79 Å². The van der Waals surface area contributed by atoms with Gasteiger partial charge in [0.1, 0.15) is 0 Å². The number of hydrogen-bond acceptors (Lipinski definition) is 2. The number of nitrogens with zero attached hydrogens (tertiary/aromatic N) is 1. The lowest BCUT2D eigenvalue weighted by Crippen LogP contribution is -2.46. The second-order valence-electron chi connectivity index (χ2n) is 4.83. The summed E-state index contributed by atoms with van der Waals surface area (Å²) in [5.74, 6) is 0.176. The predicted molar refractivity (Wildman–Crippen MR) is 73.6 cm³/mol. The third-order valence-corrected chi connectivity index (χ3v) is 3.53. The van der Waals surface area contributed by atoms with Gasteiger partial charge >= 0.3 is 0 Å². The first-order chi connectivity index (χ1) is 8.66. The Labute approximate surface area is 113 Å². The lowest BCUT2D eigenvalue weighted by atomic mass is 10.0. The van der Waals surface area contributed by atoms with Crippen molar-refractivity contribution in [2.45, 2.75) is 31.8 Å². The summed E-state index contributed by atoms with van der Waals surface area (Å²) in [6.45, 7) is 1.55. The van der Waals surface area contributed by atoms with Gasteiger partial charge in [0.25, 0.3) is 0 Å². The van der Waals surface area contributed by atoms with Gasteiger partial charge in [-0.1, -0.05) is 30.2 Å². The van der Waals surface area contributed by atoms with Crippen molar-refractivity contribution in [3.8, 4) is 0 Å². The molecule has 1 N–H and O–H groups in total. The van der Waals surface area contributed by atoms with E-state index in [0.29, 0.717) is 11.6 Å². The fourth-order valence-corrected chi connectivity index (χ4v) is 2.53. The molecule has 1 aromatic carbocycles. The van der Waals surface area contributed by atoms with Gasteiger partial charge in [-0.05, 0) is 37.1 Å². The molecule has 1 fully saturated rings. The number of amides is 1. The van der Waals surface area contributed by atoms with E-state index in [-0.39, 0.29) is 11.9 Å². The zero-order valence-electron chi connectivity index (χ0n) is 10.7. The van der Waals surface area contributed by atoms with Gasteiger partial charge in [0.05, 0.1) is 6.04 Å².